The number of nitrogens with one attached hydrogen (secondary N) is 1. The Labute approximate surface area is 107 Å². The van der Waals surface area contributed by atoms with Crippen molar-refractivity contribution in [3.63, 3.8) is 0 Å². The van der Waals surface area contributed by atoms with E-state index in [4.69, 9.17) is 0 Å². The second kappa shape index (κ2) is 6.28. The minimum absolute atomic E-state index is 0.275. The number of hydrogen-bond acceptors (Lipinski definition) is 4. The number of aryl methyl sites for hydroxylation is 1. The topological polar surface area (TPSA) is 32.3 Å². The molecule has 0 unspecified atom stereocenters. The van der Waals surface area contributed by atoms with Gasteiger partial charge >= 0.3 is 0 Å². The molecule has 17 heavy (non-hydrogen) atoms. The molecular formula is C13H20N2OS. The zero-order valence-corrected chi connectivity index (χ0v) is 11.2. The molecule has 0 atom stereocenters. The van der Waals surface area contributed by atoms with Crippen molar-refractivity contribution in [3.8, 4) is 0 Å². The van der Waals surface area contributed by atoms with Crippen molar-refractivity contribution in [2.24, 2.45) is 0 Å². The lowest BCUT2D eigenvalue weighted by Crippen LogP contribution is -2.32. The zero-order chi connectivity index (χ0) is 12.1. The summed E-state index contributed by atoms with van der Waals surface area (Å²) in [5, 5.41) is 3.35. The summed E-state index contributed by atoms with van der Waals surface area (Å²) in [5.41, 5.74) is 0. The highest BCUT2D eigenvalue weighted by atomic mass is 32.1. The standard InChI is InChI=1S/C13H20N2OS/c1-2-11-4-5-13(17-11)12(16)10-15-8-3-6-14-7-9-15/h4-5,14H,2-3,6-10H2,1H3. The van der Waals surface area contributed by atoms with E-state index in [1.807, 2.05) is 6.07 Å². The van der Waals surface area contributed by atoms with E-state index in [9.17, 15) is 4.79 Å². The first-order valence-electron chi connectivity index (χ1n) is 6.34. The quantitative estimate of drug-likeness (QED) is 0.829. The first-order valence-corrected chi connectivity index (χ1v) is 7.16. The molecule has 2 rings (SSSR count). The van der Waals surface area contributed by atoms with Crippen molar-refractivity contribution in [3.05, 3.63) is 21.9 Å². The average Bonchev–Trinajstić information content (AvgIpc) is 2.68. The molecule has 0 amide bonds. The molecule has 1 aromatic heterocycles. The Kier molecular flexibility index (Phi) is 4.71. The molecule has 0 spiro atoms. The molecule has 1 saturated heterocycles. The second-order valence-corrected chi connectivity index (χ2v) is 5.59. The number of nitrogens with zero attached hydrogens (tertiary/aromatic N) is 1. The van der Waals surface area contributed by atoms with Crippen LogP contribution in [-0.4, -0.2) is 43.4 Å². The number of carbonyl (C=O) groups excluding carboxylic acids is 1. The van der Waals surface area contributed by atoms with E-state index in [0.29, 0.717) is 6.54 Å². The predicted octanol–water partition coefficient (Wildman–Crippen LogP) is 1.79. The van der Waals surface area contributed by atoms with Crippen LogP contribution in [0.15, 0.2) is 12.1 Å². The highest BCUT2D eigenvalue weighted by Crippen LogP contribution is 2.17. The summed E-state index contributed by atoms with van der Waals surface area (Å²) in [7, 11) is 0. The Balaban J connectivity index is 1.91. The smallest absolute Gasteiger partial charge is 0.186 e. The van der Waals surface area contributed by atoms with E-state index in [0.717, 1.165) is 43.9 Å². The molecule has 0 bridgehead atoms. The summed E-state index contributed by atoms with van der Waals surface area (Å²) in [6, 6.07) is 4.05. The molecule has 4 heteroatoms. The van der Waals surface area contributed by atoms with Crippen molar-refractivity contribution in [1.29, 1.82) is 0 Å². The van der Waals surface area contributed by atoms with Gasteiger partial charge in [-0.3, -0.25) is 9.69 Å². The molecule has 1 fully saturated rings. The molecule has 94 valence electrons. The first-order chi connectivity index (χ1) is 8.29. The molecule has 1 N–H and O–H groups in total. The summed E-state index contributed by atoms with van der Waals surface area (Å²) < 4.78 is 0. The van der Waals surface area contributed by atoms with E-state index in [1.54, 1.807) is 11.3 Å². The van der Waals surface area contributed by atoms with E-state index in [2.05, 4.69) is 23.2 Å². The Morgan fingerprint density at radius 1 is 1.41 bits per heavy atom. The minimum Gasteiger partial charge on any atom is -0.315 e. The Bertz CT molecular complexity index is 367. The predicted molar refractivity (Wildman–Crippen MR) is 72.0 cm³/mol. The third-order valence-corrected chi connectivity index (χ3v) is 4.36. The zero-order valence-electron chi connectivity index (χ0n) is 10.4. The number of carbonyl (C=O) groups is 1. The van der Waals surface area contributed by atoms with Gasteiger partial charge in [-0.15, -0.1) is 11.3 Å². The van der Waals surface area contributed by atoms with Crippen molar-refractivity contribution in [1.82, 2.24) is 10.2 Å². The van der Waals surface area contributed by atoms with Gasteiger partial charge in [0, 0.05) is 18.0 Å². The molecule has 1 aliphatic heterocycles. The molecule has 0 radical (unpaired) electrons. The van der Waals surface area contributed by atoms with Gasteiger partial charge in [-0.05, 0) is 38.1 Å². The fraction of sp³-hybridized carbons (Fsp3) is 0.615. The average molecular weight is 252 g/mol. The molecule has 3 nitrogen and oxygen atoms in total. The number of rotatable bonds is 4. The van der Waals surface area contributed by atoms with Gasteiger partial charge in [0.2, 0.25) is 0 Å². The lowest BCUT2D eigenvalue weighted by atomic mass is 10.2. The van der Waals surface area contributed by atoms with Gasteiger partial charge in [0.15, 0.2) is 5.78 Å². The van der Waals surface area contributed by atoms with Crippen LogP contribution in [0, 0.1) is 0 Å². The van der Waals surface area contributed by atoms with Crippen molar-refractivity contribution < 1.29 is 4.79 Å². The first kappa shape index (κ1) is 12.7. The molecular weight excluding hydrogens is 232 g/mol. The van der Waals surface area contributed by atoms with Crippen LogP contribution in [0.2, 0.25) is 0 Å². The van der Waals surface area contributed by atoms with Crippen molar-refractivity contribution in [2.45, 2.75) is 19.8 Å². The third-order valence-electron chi connectivity index (χ3n) is 3.08. The number of Topliss-reactive ketones (excluding diaryl/α,β-unsaturated/α-hetero) is 1. The maximum Gasteiger partial charge on any atom is 0.186 e. The van der Waals surface area contributed by atoms with Crippen LogP contribution in [0.4, 0.5) is 0 Å². The molecule has 1 aromatic rings. The number of thiophene rings is 1. The molecule has 1 aliphatic rings. The lowest BCUT2D eigenvalue weighted by Gasteiger charge is -2.17. The van der Waals surface area contributed by atoms with Crippen LogP contribution >= 0.6 is 11.3 Å². The summed E-state index contributed by atoms with van der Waals surface area (Å²) in [6.07, 6.45) is 2.16. The fourth-order valence-corrected chi connectivity index (χ4v) is 2.94. The normalized spacial score (nSPS) is 17.9. The Hall–Kier alpha value is -0.710. The van der Waals surface area contributed by atoms with Crippen LogP contribution in [0.3, 0.4) is 0 Å². The van der Waals surface area contributed by atoms with Crippen LogP contribution < -0.4 is 5.32 Å². The van der Waals surface area contributed by atoms with Gasteiger partial charge in [-0.1, -0.05) is 6.92 Å². The fourth-order valence-electron chi connectivity index (χ4n) is 2.06. The van der Waals surface area contributed by atoms with Crippen LogP contribution in [-0.2, 0) is 6.42 Å². The van der Waals surface area contributed by atoms with Crippen molar-refractivity contribution in [2.75, 3.05) is 32.7 Å². The maximum absolute atomic E-state index is 12.1. The SMILES string of the molecule is CCc1ccc(C(=O)CN2CCCNCC2)s1. The minimum atomic E-state index is 0.275. The molecule has 0 aromatic carbocycles. The van der Waals surface area contributed by atoms with Gasteiger partial charge in [0.05, 0.1) is 11.4 Å². The van der Waals surface area contributed by atoms with E-state index in [-0.39, 0.29) is 5.78 Å². The highest BCUT2D eigenvalue weighted by Gasteiger charge is 2.15. The summed E-state index contributed by atoms with van der Waals surface area (Å²) >= 11 is 1.64. The van der Waals surface area contributed by atoms with Crippen LogP contribution in [0.5, 0.6) is 0 Å². The van der Waals surface area contributed by atoms with Gasteiger partial charge in [0.25, 0.3) is 0 Å². The summed E-state index contributed by atoms with van der Waals surface area (Å²) in [4.78, 5) is 16.6. The summed E-state index contributed by atoms with van der Waals surface area (Å²) in [6.45, 7) is 6.79. The van der Waals surface area contributed by atoms with Gasteiger partial charge in [-0.25, -0.2) is 0 Å². The van der Waals surface area contributed by atoms with E-state index < -0.39 is 0 Å². The molecule has 2 heterocycles. The largest absolute Gasteiger partial charge is 0.315 e. The third kappa shape index (κ3) is 3.63. The van der Waals surface area contributed by atoms with E-state index >= 15 is 0 Å². The molecule has 0 aliphatic carbocycles. The summed E-state index contributed by atoms with van der Waals surface area (Å²) in [5.74, 6) is 0.275. The second-order valence-electron chi connectivity index (χ2n) is 4.42. The monoisotopic (exact) mass is 252 g/mol. The van der Waals surface area contributed by atoms with Crippen molar-refractivity contribution >= 4 is 17.1 Å². The van der Waals surface area contributed by atoms with E-state index in [1.165, 1.54) is 4.88 Å². The van der Waals surface area contributed by atoms with Gasteiger partial charge < -0.3 is 5.32 Å². The van der Waals surface area contributed by atoms with Crippen LogP contribution in [0.25, 0.3) is 0 Å². The Morgan fingerprint density at radius 2 is 2.29 bits per heavy atom. The lowest BCUT2D eigenvalue weighted by molar-refractivity contribution is 0.0939. The maximum atomic E-state index is 12.1. The number of hydrogen-bond donors (Lipinski definition) is 1. The van der Waals surface area contributed by atoms with Gasteiger partial charge in [0.1, 0.15) is 0 Å². The molecule has 0 saturated carbocycles. The van der Waals surface area contributed by atoms with Gasteiger partial charge in [-0.2, -0.15) is 0 Å². The Morgan fingerprint density at radius 3 is 3.06 bits per heavy atom. The number of ketones is 1. The highest BCUT2D eigenvalue weighted by molar-refractivity contribution is 7.14. The van der Waals surface area contributed by atoms with Crippen LogP contribution in [0.1, 0.15) is 27.9 Å².